The highest BCUT2D eigenvalue weighted by Gasteiger charge is 2.20. The molecule has 1 unspecified atom stereocenters. The van der Waals surface area contributed by atoms with Gasteiger partial charge in [-0.15, -0.1) is 0 Å². The van der Waals surface area contributed by atoms with Gasteiger partial charge in [0.05, 0.1) is 30.3 Å². The van der Waals surface area contributed by atoms with Gasteiger partial charge in [0.2, 0.25) is 0 Å². The maximum Gasteiger partial charge on any atom is 0.129 e. The molecule has 0 spiro atoms. The fourth-order valence-corrected chi connectivity index (χ4v) is 2.36. The van der Waals surface area contributed by atoms with Gasteiger partial charge in [0.1, 0.15) is 5.82 Å². The number of hydrogen-bond donors (Lipinski definition) is 1. The lowest BCUT2D eigenvalue weighted by Crippen LogP contribution is -2.36. The van der Waals surface area contributed by atoms with Crippen molar-refractivity contribution in [3.8, 4) is 0 Å². The van der Waals surface area contributed by atoms with E-state index >= 15 is 0 Å². The van der Waals surface area contributed by atoms with Crippen LogP contribution in [-0.2, 0) is 11.8 Å². The molecule has 0 bridgehead atoms. The standard InChI is InChI=1S/C13H17N3O/c1-9-3-4-10-12(7-9)16(2)13(15-10)11-8-17-6-5-14-11/h3-4,7,11,14H,5-6,8H2,1-2H3. The molecule has 2 heterocycles. The van der Waals surface area contributed by atoms with Crippen molar-refractivity contribution in [2.45, 2.75) is 13.0 Å². The highest BCUT2D eigenvalue weighted by molar-refractivity contribution is 5.76. The van der Waals surface area contributed by atoms with Crippen LogP contribution in [0.2, 0.25) is 0 Å². The number of imidazole rings is 1. The Labute approximate surface area is 101 Å². The molecule has 2 aromatic rings. The minimum Gasteiger partial charge on any atom is -0.378 e. The quantitative estimate of drug-likeness (QED) is 0.809. The van der Waals surface area contributed by atoms with Gasteiger partial charge in [-0.25, -0.2) is 4.98 Å². The molecule has 90 valence electrons. The number of morpholine rings is 1. The van der Waals surface area contributed by atoms with Crippen molar-refractivity contribution >= 4 is 11.0 Å². The molecule has 0 saturated carbocycles. The summed E-state index contributed by atoms with van der Waals surface area (Å²) in [5.74, 6) is 1.06. The first-order valence-electron chi connectivity index (χ1n) is 6.00. The summed E-state index contributed by atoms with van der Waals surface area (Å²) in [6.07, 6.45) is 0. The summed E-state index contributed by atoms with van der Waals surface area (Å²) in [7, 11) is 2.07. The van der Waals surface area contributed by atoms with E-state index in [1.165, 1.54) is 11.1 Å². The number of aromatic nitrogens is 2. The number of benzene rings is 1. The number of ether oxygens (including phenoxy) is 1. The van der Waals surface area contributed by atoms with Crippen LogP contribution in [0.25, 0.3) is 11.0 Å². The predicted octanol–water partition coefficient (Wildman–Crippen LogP) is 1.54. The van der Waals surface area contributed by atoms with Gasteiger partial charge >= 0.3 is 0 Å². The van der Waals surface area contributed by atoms with Crippen LogP contribution in [0.1, 0.15) is 17.4 Å². The fourth-order valence-electron chi connectivity index (χ4n) is 2.36. The van der Waals surface area contributed by atoms with Crippen molar-refractivity contribution in [1.82, 2.24) is 14.9 Å². The maximum atomic E-state index is 5.50. The number of rotatable bonds is 1. The van der Waals surface area contributed by atoms with Gasteiger partial charge < -0.3 is 14.6 Å². The molecule has 1 saturated heterocycles. The zero-order chi connectivity index (χ0) is 11.8. The Kier molecular flexibility index (Phi) is 2.61. The zero-order valence-electron chi connectivity index (χ0n) is 10.2. The summed E-state index contributed by atoms with van der Waals surface area (Å²) in [4.78, 5) is 4.70. The van der Waals surface area contributed by atoms with E-state index in [1.54, 1.807) is 0 Å². The van der Waals surface area contributed by atoms with Crippen LogP contribution < -0.4 is 5.32 Å². The van der Waals surface area contributed by atoms with Gasteiger partial charge in [0.25, 0.3) is 0 Å². The summed E-state index contributed by atoms with van der Waals surface area (Å²) < 4.78 is 7.66. The highest BCUT2D eigenvalue weighted by atomic mass is 16.5. The number of nitrogens with zero attached hydrogens (tertiary/aromatic N) is 2. The van der Waals surface area contributed by atoms with E-state index in [0.717, 1.165) is 24.5 Å². The Morgan fingerprint density at radius 1 is 1.47 bits per heavy atom. The van der Waals surface area contributed by atoms with Crippen molar-refractivity contribution in [1.29, 1.82) is 0 Å². The average Bonchev–Trinajstić information content (AvgIpc) is 2.68. The van der Waals surface area contributed by atoms with Crippen LogP contribution in [0.5, 0.6) is 0 Å². The Hall–Kier alpha value is -1.39. The molecule has 3 rings (SSSR count). The van der Waals surface area contributed by atoms with Crippen molar-refractivity contribution in [2.24, 2.45) is 7.05 Å². The molecular formula is C13H17N3O. The second-order valence-corrected chi connectivity index (χ2v) is 4.60. The zero-order valence-corrected chi connectivity index (χ0v) is 10.2. The second-order valence-electron chi connectivity index (χ2n) is 4.60. The average molecular weight is 231 g/mol. The molecule has 1 fully saturated rings. The van der Waals surface area contributed by atoms with E-state index in [-0.39, 0.29) is 6.04 Å². The number of nitrogens with one attached hydrogen (secondary N) is 1. The Morgan fingerprint density at radius 3 is 3.12 bits per heavy atom. The van der Waals surface area contributed by atoms with Crippen LogP contribution in [0.3, 0.4) is 0 Å². The summed E-state index contributed by atoms with van der Waals surface area (Å²) in [6, 6.07) is 6.57. The third-order valence-corrected chi connectivity index (χ3v) is 3.30. The molecule has 17 heavy (non-hydrogen) atoms. The molecule has 4 heteroatoms. The van der Waals surface area contributed by atoms with Crippen LogP contribution in [-0.4, -0.2) is 29.3 Å². The van der Waals surface area contributed by atoms with E-state index in [1.807, 2.05) is 0 Å². The molecule has 1 aromatic heterocycles. The largest absolute Gasteiger partial charge is 0.378 e. The Balaban J connectivity index is 2.07. The molecule has 1 N–H and O–H groups in total. The maximum absolute atomic E-state index is 5.50. The number of hydrogen-bond acceptors (Lipinski definition) is 3. The number of aryl methyl sites for hydroxylation is 2. The molecule has 0 radical (unpaired) electrons. The Morgan fingerprint density at radius 2 is 2.35 bits per heavy atom. The van der Waals surface area contributed by atoms with E-state index in [2.05, 4.69) is 42.1 Å². The second kappa shape index (κ2) is 4.13. The Bertz CT molecular complexity index is 541. The van der Waals surface area contributed by atoms with Gasteiger partial charge in [-0.2, -0.15) is 0 Å². The minimum atomic E-state index is 0.210. The van der Waals surface area contributed by atoms with Crippen molar-refractivity contribution < 1.29 is 4.74 Å². The van der Waals surface area contributed by atoms with Crippen LogP contribution in [0, 0.1) is 6.92 Å². The molecule has 1 atom stereocenters. The van der Waals surface area contributed by atoms with E-state index in [0.29, 0.717) is 6.61 Å². The third-order valence-electron chi connectivity index (χ3n) is 3.30. The van der Waals surface area contributed by atoms with Crippen LogP contribution in [0.15, 0.2) is 18.2 Å². The summed E-state index contributed by atoms with van der Waals surface area (Å²) >= 11 is 0. The first-order valence-corrected chi connectivity index (χ1v) is 6.00. The normalized spacial score (nSPS) is 20.9. The lowest BCUT2D eigenvalue weighted by molar-refractivity contribution is 0.0735. The highest BCUT2D eigenvalue weighted by Crippen LogP contribution is 2.21. The van der Waals surface area contributed by atoms with Gasteiger partial charge in [0.15, 0.2) is 0 Å². The summed E-state index contributed by atoms with van der Waals surface area (Å²) in [6.45, 7) is 4.50. The van der Waals surface area contributed by atoms with Gasteiger partial charge in [0, 0.05) is 13.6 Å². The van der Waals surface area contributed by atoms with E-state index < -0.39 is 0 Å². The summed E-state index contributed by atoms with van der Waals surface area (Å²) in [5, 5.41) is 3.44. The molecule has 1 aromatic carbocycles. The lowest BCUT2D eigenvalue weighted by Gasteiger charge is -2.23. The minimum absolute atomic E-state index is 0.210. The lowest BCUT2D eigenvalue weighted by atomic mass is 10.2. The van der Waals surface area contributed by atoms with Crippen LogP contribution >= 0.6 is 0 Å². The van der Waals surface area contributed by atoms with E-state index in [9.17, 15) is 0 Å². The predicted molar refractivity (Wildman–Crippen MR) is 67.0 cm³/mol. The van der Waals surface area contributed by atoms with Crippen molar-refractivity contribution in [3.05, 3.63) is 29.6 Å². The van der Waals surface area contributed by atoms with Crippen LogP contribution in [0.4, 0.5) is 0 Å². The topological polar surface area (TPSA) is 39.1 Å². The van der Waals surface area contributed by atoms with Crippen molar-refractivity contribution in [2.75, 3.05) is 19.8 Å². The first-order chi connectivity index (χ1) is 8.25. The summed E-state index contributed by atoms with van der Waals surface area (Å²) in [5.41, 5.74) is 3.51. The van der Waals surface area contributed by atoms with Gasteiger partial charge in [-0.05, 0) is 24.6 Å². The molecule has 1 aliphatic heterocycles. The van der Waals surface area contributed by atoms with E-state index in [4.69, 9.17) is 9.72 Å². The van der Waals surface area contributed by atoms with Gasteiger partial charge in [-0.1, -0.05) is 6.07 Å². The monoisotopic (exact) mass is 231 g/mol. The molecule has 4 nitrogen and oxygen atoms in total. The van der Waals surface area contributed by atoms with Gasteiger partial charge in [-0.3, -0.25) is 0 Å². The first kappa shape index (κ1) is 10.7. The SMILES string of the molecule is Cc1ccc2nc(C3COCCN3)n(C)c2c1. The molecule has 0 amide bonds. The van der Waals surface area contributed by atoms with Crippen molar-refractivity contribution in [3.63, 3.8) is 0 Å². The smallest absolute Gasteiger partial charge is 0.129 e. The fraction of sp³-hybridized carbons (Fsp3) is 0.462. The molecule has 1 aliphatic rings. The number of fused-ring (bicyclic) bond motifs is 1. The molecule has 0 aliphatic carbocycles. The molecular weight excluding hydrogens is 214 g/mol. The third kappa shape index (κ3) is 1.83.